The average Bonchev–Trinajstić information content (AvgIpc) is 3.34. The van der Waals surface area contributed by atoms with Gasteiger partial charge >= 0.3 is 5.97 Å². The van der Waals surface area contributed by atoms with Gasteiger partial charge in [0, 0.05) is 61.8 Å². The summed E-state index contributed by atoms with van der Waals surface area (Å²) < 4.78 is 114. The van der Waals surface area contributed by atoms with Crippen molar-refractivity contribution >= 4 is 29.6 Å². The first-order valence-electron chi connectivity index (χ1n) is 22.4. The van der Waals surface area contributed by atoms with Gasteiger partial charge in [-0.3, -0.25) is 24.0 Å². The van der Waals surface area contributed by atoms with E-state index in [4.69, 9.17) is 49.0 Å². The van der Waals surface area contributed by atoms with Crippen LogP contribution in [-0.4, -0.2) is 174 Å². The number of nitrogens with one attached hydrogen (secondary N) is 4. The van der Waals surface area contributed by atoms with Crippen molar-refractivity contribution < 1.29 is 88.6 Å². The third kappa shape index (κ3) is 32.4. The first-order chi connectivity index (χ1) is 33.9. The fourth-order valence-electron chi connectivity index (χ4n) is 5.29. The van der Waals surface area contributed by atoms with E-state index in [1.165, 1.54) is 0 Å². The highest BCUT2D eigenvalue weighted by Crippen LogP contribution is 2.29. The highest BCUT2D eigenvalue weighted by Gasteiger charge is 2.28. The second-order valence-corrected chi connectivity index (χ2v) is 14.1. The Kier molecular flexibility index (Phi) is 37.9. The van der Waals surface area contributed by atoms with E-state index in [-0.39, 0.29) is 163 Å². The van der Waals surface area contributed by atoms with Crippen molar-refractivity contribution in [3.8, 4) is 5.75 Å². The van der Waals surface area contributed by atoms with Crippen molar-refractivity contribution in [3.63, 3.8) is 0 Å². The van der Waals surface area contributed by atoms with Gasteiger partial charge in [-0.25, -0.2) is 13.2 Å². The zero-order valence-corrected chi connectivity index (χ0v) is 38.9. The van der Waals surface area contributed by atoms with Crippen LogP contribution in [0.4, 0.5) is 22.0 Å². The molecule has 24 nitrogen and oxygen atoms in total. The van der Waals surface area contributed by atoms with Gasteiger partial charge in [0.1, 0.15) is 6.04 Å². The van der Waals surface area contributed by atoms with Gasteiger partial charge in [-0.15, -0.1) is 0 Å². The predicted octanol–water partition coefficient (Wildman–Crippen LogP) is 3.00. The molecule has 0 spiro atoms. The molecule has 396 valence electrons. The summed E-state index contributed by atoms with van der Waals surface area (Å²) in [5.41, 5.74) is 16.5. The summed E-state index contributed by atoms with van der Waals surface area (Å²) in [5.74, 6) is -15.7. The summed E-state index contributed by atoms with van der Waals surface area (Å²) in [6, 6.07) is -0.880. The third-order valence-electron chi connectivity index (χ3n) is 8.78. The summed E-state index contributed by atoms with van der Waals surface area (Å²) in [6.07, 6.45) is 1.35. The van der Waals surface area contributed by atoms with Crippen LogP contribution in [0.5, 0.6) is 5.75 Å². The molecule has 0 heterocycles. The Balaban J connectivity index is 2.31. The lowest BCUT2D eigenvalue weighted by Gasteiger charge is -2.19. The Labute approximate surface area is 400 Å². The SMILES string of the molecule is [N-]=[N+]=NCCOCCOCCC(=O)NCCCC[C@@H](NC(=O)CCCNC(=O)CCOCCOCCN=[N+]=[N-])C(=O)NCCOCCOCCOCCOCCC(=O)Oc1c(F)c(F)c(F)c(F)c1F. The number of benzene rings is 1. The number of carbonyl (C=O) groups is 5. The van der Waals surface area contributed by atoms with Crippen molar-refractivity contribution in [3.05, 3.63) is 50.0 Å². The lowest BCUT2D eigenvalue weighted by Crippen LogP contribution is -2.47. The van der Waals surface area contributed by atoms with E-state index >= 15 is 0 Å². The summed E-state index contributed by atoms with van der Waals surface area (Å²) >= 11 is 0. The standard InChI is InChI=1S/C41H63F5N10O14/c42-35-36(43)38(45)40(39(46)37(35)44)70-34(60)8-16-64-22-26-68-28-29-69-27-25-65-17-11-51-41(61)30(4-1-2-9-49-31(57)6-14-62-20-23-66-18-12-52-55-47)54-33(59)5-3-10-50-32(58)7-15-63-21-24-67-19-13-53-56-48/h30H,1-29H2,(H,49,57)(H,50,58)(H,51,61)(H,54,59)/t30-/m1/s1. The van der Waals surface area contributed by atoms with Crippen LogP contribution >= 0.6 is 0 Å². The highest BCUT2D eigenvalue weighted by molar-refractivity contribution is 5.87. The molecule has 0 aliphatic rings. The molecule has 70 heavy (non-hydrogen) atoms. The number of amides is 4. The smallest absolute Gasteiger partial charge is 0.313 e. The van der Waals surface area contributed by atoms with Crippen molar-refractivity contribution in [2.24, 2.45) is 10.2 Å². The zero-order valence-electron chi connectivity index (χ0n) is 38.9. The van der Waals surface area contributed by atoms with E-state index in [1.807, 2.05) is 0 Å². The van der Waals surface area contributed by atoms with Gasteiger partial charge in [0.25, 0.3) is 0 Å². The molecule has 4 N–H and O–H groups in total. The maximum Gasteiger partial charge on any atom is 0.313 e. The number of hydrogen-bond acceptors (Lipinski definition) is 16. The first-order valence-corrected chi connectivity index (χ1v) is 22.4. The molecule has 29 heteroatoms. The summed E-state index contributed by atoms with van der Waals surface area (Å²) in [6.45, 7) is 3.82. The van der Waals surface area contributed by atoms with E-state index < -0.39 is 65.1 Å². The molecule has 0 bridgehead atoms. The van der Waals surface area contributed by atoms with Gasteiger partial charge in [-0.05, 0) is 36.7 Å². The normalized spacial score (nSPS) is 11.3. The highest BCUT2D eigenvalue weighted by atomic mass is 19.2. The molecule has 0 fully saturated rings. The zero-order chi connectivity index (χ0) is 51.5. The van der Waals surface area contributed by atoms with E-state index in [0.29, 0.717) is 32.4 Å². The molecule has 0 saturated heterocycles. The fraction of sp³-hybridized carbons (Fsp3) is 0.732. The van der Waals surface area contributed by atoms with Gasteiger partial charge in [-0.1, -0.05) is 10.2 Å². The maximum absolute atomic E-state index is 13.7. The molecule has 1 rings (SSSR count). The van der Waals surface area contributed by atoms with E-state index in [9.17, 15) is 45.9 Å². The van der Waals surface area contributed by atoms with Crippen LogP contribution in [0.3, 0.4) is 0 Å². The number of halogens is 5. The number of carbonyl (C=O) groups excluding carboxylic acids is 5. The Morgan fingerprint density at radius 1 is 0.457 bits per heavy atom. The fourth-order valence-corrected chi connectivity index (χ4v) is 5.29. The minimum absolute atomic E-state index is 0.00605. The number of unbranched alkanes of at least 4 members (excludes halogenated alkanes) is 1. The van der Waals surface area contributed by atoms with Crippen LogP contribution < -0.4 is 26.0 Å². The Morgan fingerprint density at radius 2 is 0.871 bits per heavy atom. The van der Waals surface area contributed by atoms with E-state index in [0.717, 1.165) is 0 Å². The molecule has 0 unspecified atom stereocenters. The van der Waals surface area contributed by atoms with Gasteiger partial charge < -0.3 is 63.9 Å². The van der Waals surface area contributed by atoms with Gasteiger partial charge in [0.05, 0.1) is 112 Å². The number of ether oxygens (including phenoxy) is 9. The third-order valence-corrected chi connectivity index (χ3v) is 8.78. The molecule has 1 aromatic carbocycles. The minimum Gasteiger partial charge on any atom is -0.420 e. The Hall–Kier alpha value is -5.48. The van der Waals surface area contributed by atoms with Crippen LogP contribution in [0.1, 0.15) is 51.4 Å². The van der Waals surface area contributed by atoms with Crippen molar-refractivity contribution in [2.45, 2.75) is 57.4 Å². The molecular weight excluding hydrogens is 951 g/mol. The second-order valence-electron chi connectivity index (χ2n) is 14.1. The van der Waals surface area contributed by atoms with Crippen molar-refractivity contribution in [1.29, 1.82) is 0 Å². The molecule has 0 saturated carbocycles. The maximum atomic E-state index is 13.7. The van der Waals surface area contributed by atoms with Crippen LogP contribution in [-0.2, 0) is 61.9 Å². The van der Waals surface area contributed by atoms with Crippen LogP contribution in [0.2, 0.25) is 0 Å². The second kappa shape index (κ2) is 42.4. The number of hydrogen-bond donors (Lipinski definition) is 4. The molecule has 0 radical (unpaired) electrons. The summed E-state index contributed by atoms with van der Waals surface area (Å²) in [5, 5.41) is 17.7. The van der Waals surface area contributed by atoms with Crippen LogP contribution in [0.25, 0.3) is 20.9 Å². The summed E-state index contributed by atoms with van der Waals surface area (Å²) in [7, 11) is 0. The van der Waals surface area contributed by atoms with Crippen molar-refractivity contribution in [1.82, 2.24) is 21.3 Å². The number of rotatable bonds is 45. The predicted molar refractivity (Wildman–Crippen MR) is 234 cm³/mol. The van der Waals surface area contributed by atoms with Gasteiger partial charge in [-0.2, -0.15) is 8.78 Å². The first kappa shape index (κ1) is 62.5. The van der Waals surface area contributed by atoms with E-state index in [2.05, 4.69) is 46.1 Å². The minimum atomic E-state index is -2.38. The van der Waals surface area contributed by atoms with Crippen LogP contribution in [0, 0.1) is 29.1 Å². The molecule has 0 aliphatic carbocycles. The van der Waals surface area contributed by atoms with Crippen LogP contribution in [0.15, 0.2) is 10.2 Å². The Bertz CT molecular complexity index is 1760. The van der Waals surface area contributed by atoms with Gasteiger partial charge in [0.2, 0.25) is 58.5 Å². The Morgan fingerprint density at radius 3 is 1.36 bits per heavy atom. The lowest BCUT2D eigenvalue weighted by atomic mass is 10.1. The molecule has 0 aliphatic heterocycles. The number of nitrogens with zero attached hydrogens (tertiary/aromatic N) is 6. The van der Waals surface area contributed by atoms with Gasteiger partial charge in [0.15, 0.2) is 0 Å². The monoisotopic (exact) mass is 1010 g/mol. The molecule has 0 aromatic heterocycles. The number of esters is 1. The summed E-state index contributed by atoms with van der Waals surface area (Å²) in [4.78, 5) is 67.2. The molecular formula is C41H63F5N10O14. The molecule has 1 aromatic rings. The largest absolute Gasteiger partial charge is 0.420 e. The topological polar surface area (TPSA) is 314 Å². The van der Waals surface area contributed by atoms with E-state index in [1.54, 1.807) is 0 Å². The quantitative estimate of drug-likeness (QED) is 0.00841. The van der Waals surface area contributed by atoms with Crippen molar-refractivity contribution in [2.75, 3.05) is 138 Å². The lowest BCUT2D eigenvalue weighted by molar-refractivity contribution is -0.136. The molecule has 1 atom stereocenters. The average molecular weight is 1020 g/mol. The molecule has 4 amide bonds. The number of azide groups is 2.